The van der Waals surface area contributed by atoms with E-state index in [1.54, 1.807) is 29.2 Å². The highest BCUT2D eigenvalue weighted by Gasteiger charge is 2.22. The van der Waals surface area contributed by atoms with E-state index in [9.17, 15) is 13.2 Å². The van der Waals surface area contributed by atoms with Crippen molar-refractivity contribution in [3.63, 3.8) is 0 Å². The van der Waals surface area contributed by atoms with E-state index in [1.165, 1.54) is 31.4 Å². The van der Waals surface area contributed by atoms with Crippen LogP contribution in [0.4, 0.5) is 10.5 Å². The van der Waals surface area contributed by atoms with E-state index >= 15 is 0 Å². The Morgan fingerprint density at radius 1 is 1.08 bits per heavy atom. The minimum absolute atomic E-state index is 0.00803. The van der Waals surface area contributed by atoms with E-state index in [-0.39, 0.29) is 16.7 Å². The lowest BCUT2D eigenvalue weighted by Gasteiger charge is -2.14. The molecule has 0 aliphatic carbocycles. The van der Waals surface area contributed by atoms with E-state index in [0.717, 1.165) is 0 Å². The third-order valence-electron chi connectivity index (χ3n) is 3.54. The van der Waals surface area contributed by atoms with Crippen LogP contribution in [-0.4, -0.2) is 34.6 Å². The van der Waals surface area contributed by atoms with Gasteiger partial charge in [-0.3, -0.25) is 4.90 Å². The smallest absolute Gasteiger partial charge is 0.339 e. The predicted molar refractivity (Wildman–Crippen MR) is 88.0 cm³/mol. The molecule has 1 heterocycles. The molecular formula is C16H16N2O5S. The summed E-state index contributed by atoms with van der Waals surface area (Å²) >= 11 is 0. The molecule has 2 aromatic carbocycles. The number of ether oxygens (including phenoxy) is 1. The highest BCUT2D eigenvalue weighted by molar-refractivity contribution is 7.87. The van der Waals surface area contributed by atoms with Crippen LogP contribution in [-0.2, 0) is 10.1 Å². The van der Waals surface area contributed by atoms with Gasteiger partial charge in [0.1, 0.15) is 16.4 Å². The first-order valence-corrected chi connectivity index (χ1v) is 8.64. The Labute approximate surface area is 139 Å². The number of urea groups is 1. The fourth-order valence-electron chi connectivity index (χ4n) is 2.34. The fraction of sp³-hybridized carbons (Fsp3) is 0.188. The number of rotatable bonds is 5. The normalized spacial score (nSPS) is 14.4. The van der Waals surface area contributed by atoms with Crippen LogP contribution in [0.25, 0.3) is 0 Å². The van der Waals surface area contributed by atoms with E-state index in [1.807, 2.05) is 0 Å². The van der Waals surface area contributed by atoms with Gasteiger partial charge in [0.05, 0.1) is 7.11 Å². The van der Waals surface area contributed by atoms with Gasteiger partial charge in [-0.25, -0.2) is 4.79 Å². The summed E-state index contributed by atoms with van der Waals surface area (Å²) in [5.41, 5.74) is 0.630. The summed E-state index contributed by atoms with van der Waals surface area (Å²) in [6.45, 7) is 1.11. The number of carbonyl (C=O) groups excluding carboxylic acids is 1. The van der Waals surface area contributed by atoms with Crippen molar-refractivity contribution < 1.29 is 22.1 Å². The lowest BCUT2D eigenvalue weighted by molar-refractivity contribution is 0.252. The molecule has 0 saturated carbocycles. The number of nitrogens with one attached hydrogen (secondary N) is 1. The van der Waals surface area contributed by atoms with Crippen LogP contribution >= 0.6 is 0 Å². The van der Waals surface area contributed by atoms with Crippen LogP contribution in [0, 0.1) is 0 Å². The molecule has 7 nitrogen and oxygen atoms in total. The lowest BCUT2D eigenvalue weighted by Crippen LogP contribution is -2.27. The second-order valence-electron chi connectivity index (χ2n) is 5.09. The lowest BCUT2D eigenvalue weighted by atomic mass is 10.3. The Bertz CT molecular complexity index is 849. The monoisotopic (exact) mass is 348 g/mol. The molecule has 2 aromatic rings. The number of benzene rings is 2. The molecular weight excluding hydrogens is 332 g/mol. The summed E-state index contributed by atoms with van der Waals surface area (Å²) in [7, 11) is -2.48. The number of carbonyl (C=O) groups is 1. The Balaban J connectivity index is 1.80. The van der Waals surface area contributed by atoms with Crippen LogP contribution < -0.4 is 19.1 Å². The van der Waals surface area contributed by atoms with E-state index in [4.69, 9.17) is 8.92 Å². The molecule has 1 aliphatic rings. The van der Waals surface area contributed by atoms with Crippen LogP contribution in [0.2, 0.25) is 0 Å². The molecule has 1 saturated heterocycles. The molecule has 0 aromatic heterocycles. The number of hydrogen-bond donors (Lipinski definition) is 1. The van der Waals surface area contributed by atoms with Gasteiger partial charge in [-0.15, -0.1) is 0 Å². The molecule has 1 N–H and O–H groups in total. The second kappa shape index (κ2) is 6.40. The quantitative estimate of drug-likeness (QED) is 0.836. The van der Waals surface area contributed by atoms with Crippen molar-refractivity contribution in [1.82, 2.24) is 5.32 Å². The van der Waals surface area contributed by atoms with Gasteiger partial charge in [-0.05, 0) is 36.4 Å². The van der Waals surface area contributed by atoms with Gasteiger partial charge in [0.2, 0.25) is 0 Å². The van der Waals surface area contributed by atoms with E-state index < -0.39 is 10.1 Å². The average Bonchev–Trinajstić information content (AvgIpc) is 3.01. The minimum Gasteiger partial charge on any atom is -0.497 e. The molecule has 1 fully saturated rings. The molecule has 2 amide bonds. The van der Waals surface area contributed by atoms with Gasteiger partial charge in [-0.2, -0.15) is 8.42 Å². The van der Waals surface area contributed by atoms with Gasteiger partial charge >= 0.3 is 16.1 Å². The second-order valence-corrected chi connectivity index (χ2v) is 6.64. The summed E-state index contributed by atoms with van der Waals surface area (Å²) in [4.78, 5) is 13.2. The first kappa shape index (κ1) is 16.1. The molecule has 0 spiro atoms. The number of hydrogen-bond acceptors (Lipinski definition) is 5. The minimum atomic E-state index is -3.97. The average molecular weight is 348 g/mol. The number of methoxy groups -OCH3 is 1. The van der Waals surface area contributed by atoms with Gasteiger partial charge in [0.15, 0.2) is 0 Å². The van der Waals surface area contributed by atoms with Gasteiger partial charge < -0.3 is 14.2 Å². The predicted octanol–water partition coefficient (Wildman–Crippen LogP) is 1.99. The van der Waals surface area contributed by atoms with Gasteiger partial charge in [0, 0.05) is 24.8 Å². The van der Waals surface area contributed by atoms with Gasteiger partial charge in [-0.1, -0.05) is 6.07 Å². The van der Waals surface area contributed by atoms with Crippen molar-refractivity contribution in [2.24, 2.45) is 0 Å². The van der Waals surface area contributed by atoms with Crippen molar-refractivity contribution in [3.8, 4) is 11.5 Å². The first-order valence-electron chi connectivity index (χ1n) is 7.23. The molecule has 0 unspecified atom stereocenters. The Morgan fingerprint density at radius 3 is 2.42 bits per heavy atom. The van der Waals surface area contributed by atoms with Crippen molar-refractivity contribution in [2.75, 3.05) is 25.1 Å². The summed E-state index contributed by atoms with van der Waals surface area (Å²) in [6.07, 6.45) is 0. The summed E-state index contributed by atoms with van der Waals surface area (Å²) in [5.74, 6) is 0.662. The zero-order valence-corrected chi connectivity index (χ0v) is 13.7. The van der Waals surface area contributed by atoms with Crippen LogP contribution in [0.15, 0.2) is 53.4 Å². The number of anilines is 1. The molecule has 8 heteroatoms. The maximum atomic E-state index is 12.3. The molecule has 0 bridgehead atoms. The zero-order chi connectivity index (χ0) is 17.2. The molecule has 24 heavy (non-hydrogen) atoms. The van der Waals surface area contributed by atoms with E-state index in [0.29, 0.717) is 24.5 Å². The number of amides is 2. The van der Waals surface area contributed by atoms with Crippen molar-refractivity contribution in [2.45, 2.75) is 4.90 Å². The summed E-state index contributed by atoms with van der Waals surface area (Å²) in [5, 5.41) is 2.69. The first-order chi connectivity index (χ1) is 11.5. The summed E-state index contributed by atoms with van der Waals surface area (Å²) < 4.78 is 34.8. The van der Waals surface area contributed by atoms with Crippen molar-refractivity contribution >= 4 is 21.8 Å². The van der Waals surface area contributed by atoms with E-state index in [2.05, 4.69) is 5.32 Å². The maximum absolute atomic E-state index is 12.3. The van der Waals surface area contributed by atoms with Crippen molar-refractivity contribution in [1.29, 1.82) is 0 Å². The SMILES string of the molecule is COc1cccc(OS(=O)(=O)c2ccc(N3CCNC3=O)cc2)c1. The maximum Gasteiger partial charge on any atom is 0.339 e. The fourth-order valence-corrected chi connectivity index (χ4v) is 3.26. The van der Waals surface area contributed by atoms with Crippen LogP contribution in [0.1, 0.15) is 0 Å². The third-order valence-corrected chi connectivity index (χ3v) is 4.80. The Hall–Kier alpha value is -2.74. The molecule has 0 atom stereocenters. The highest BCUT2D eigenvalue weighted by atomic mass is 32.2. The Morgan fingerprint density at radius 2 is 1.79 bits per heavy atom. The van der Waals surface area contributed by atoms with Crippen LogP contribution in [0.3, 0.4) is 0 Å². The number of nitrogens with zero attached hydrogens (tertiary/aromatic N) is 1. The molecule has 0 radical (unpaired) electrons. The Kier molecular flexibility index (Phi) is 4.30. The standard InChI is InChI=1S/C16H16N2O5S/c1-22-13-3-2-4-14(11-13)23-24(20,21)15-7-5-12(6-8-15)18-10-9-17-16(18)19/h2-8,11H,9-10H2,1H3,(H,17,19). The van der Waals surface area contributed by atoms with Crippen molar-refractivity contribution in [3.05, 3.63) is 48.5 Å². The molecule has 3 rings (SSSR count). The molecule has 1 aliphatic heterocycles. The zero-order valence-electron chi connectivity index (χ0n) is 12.9. The molecule has 126 valence electrons. The third kappa shape index (κ3) is 3.28. The van der Waals surface area contributed by atoms with Crippen LogP contribution in [0.5, 0.6) is 11.5 Å². The highest BCUT2D eigenvalue weighted by Crippen LogP contribution is 2.25. The largest absolute Gasteiger partial charge is 0.497 e. The summed E-state index contributed by atoms with van der Waals surface area (Å²) in [6, 6.07) is 12.1. The van der Waals surface area contributed by atoms with Gasteiger partial charge in [0.25, 0.3) is 0 Å². The topological polar surface area (TPSA) is 84.9 Å².